The summed E-state index contributed by atoms with van der Waals surface area (Å²) in [5, 5.41) is 9.35. The van der Waals surface area contributed by atoms with Gasteiger partial charge in [-0.25, -0.2) is 4.98 Å². The van der Waals surface area contributed by atoms with Crippen LogP contribution in [0, 0.1) is 6.92 Å². The first-order valence-electron chi connectivity index (χ1n) is 7.30. The lowest BCUT2D eigenvalue weighted by Gasteiger charge is -2.15. The molecule has 1 aromatic heterocycles. The Hall–Kier alpha value is -1.71. The van der Waals surface area contributed by atoms with Gasteiger partial charge >= 0.3 is 0 Å². The summed E-state index contributed by atoms with van der Waals surface area (Å²) < 4.78 is 0. The standard InChI is InChI=1S/C18H20N2S/c1-13-20-18(12-21-13)11-17(19-2)10-14-7-8-15-5-3-4-6-16(15)9-14/h3-9,12,17,19H,10-11H2,1-2H3. The molecule has 0 saturated carbocycles. The zero-order valence-electron chi connectivity index (χ0n) is 12.5. The van der Waals surface area contributed by atoms with E-state index in [-0.39, 0.29) is 0 Å². The van der Waals surface area contributed by atoms with Crippen molar-refractivity contribution in [3.8, 4) is 0 Å². The van der Waals surface area contributed by atoms with Crippen molar-refractivity contribution < 1.29 is 0 Å². The number of fused-ring (bicyclic) bond motifs is 1. The van der Waals surface area contributed by atoms with E-state index >= 15 is 0 Å². The number of hydrogen-bond donors (Lipinski definition) is 1. The summed E-state index contributed by atoms with van der Waals surface area (Å²) in [5.41, 5.74) is 2.57. The summed E-state index contributed by atoms with van der Waals surface area (Å²) in [6.07, 6.45) is 2.01. The molecule has 0 aliphatic rings. The topological polar surface area (TPSA) is 24.9 Å². The van der Waals surface area contributed by atoms with Crippen LogP contribution in [0.15, 0.2) is 47.8 Å². The summed E-state index contributed by atoms with van der Waals surface area (Å²) in [6.45, 7) is 2.06. The molecule has 1 atom stereocenters. The number of nitrogens with one attached hydrogen (secondary N) is 1. The highest BCUT2D eigenvalue weighted by molar-refractivity contribution is 7.09. The third-order valence-electron chi connectivity index (χ3n) is 3.83. The van der Waals surface area contributed by atoms with Crippen LogP contribution < -0.4 is 5.32 Å². The molecule has 21 heavy (non-hydrogen) atoms. The predicted octanol–water partition coefficient (Wildman–Crippen LogP) is 3.98. The zero-order chi connectivity index (χ0) is 14.7. The second-order valence-electron chi connectivity index (χ2n) is 5.43. The first-order chi connectivity index (χ1) is 10.2. The van der Waals surface area contributed by atoms with E-state index in [9.17, 15) is 0 Å². The molecule has 0 radical (unpaired) electrons. The Labute approximate surface area is 129 Å². The molecule has 1 N–H and O–H groups in total. The SMILES string of the molecule is CNC(Cc1ccc2ccccc2c1)Cc1csc(C)n1. The average molecular weight is 296 g/mol. The van der Waals surface area contributed by atoms with Crippen LogP contribution in [0.2, 0.25) is 0 Å². The highest BCUT2D eigenvalue weighted by Gasteiger charge is 2.10. The van der Waals surface area contributed by atoms with Crippen LogP contribution in [0.5, 0.6) is 0 Å². The Bertz CT molecular complexity index is 733. The van der Waals surface area contributed by atoms with E-state index in [4.69, 9.17) is 0 Å². The highest BCUT2D eigenvalue weighted by atomic mass is 32.1. The normalized spacial score (nSPS) is 12.7. The highest BCUT2D eigenvalue weighted by Crippen LogP contribution is 2.18. The molecule has 0 amide bonds. The van der Waals surface area contributed by atoms with Crippen molar-refractivity contribution in [2.45, 2.75) is 25.8 Å². The zero-order valence-corrected chi connectivity index (χ0v) is 13.3. The van der Waals surface area contributed by atoms with E-state index in [0.717, 1.165) is 17.8 Å². The van der Waals surface area contributed by atoms with Crippen LogP contribution in [0.3, 0.4) is 0 Å². The first kappa shape index (κ1) is 14.2. The smallest absolute Gasteiger partial charge is 0.0897 e. The van der Waals surface area contributed by atoms with Gasteiger partial charge in [-0.2, -0.15) is 0 Å². The van der Waals surface area contributed by atoms with Crippen molar-refractivity contribution in [2.24, 2.45) is 0 Å². The van der Waals surface area contributed by atoms with Gasteiger partial charge in [0, 0.05) is 17.8 Å². The van der Waals surface area contributed by atoms with Crippen molar-refractivity contribution >= 4 is 22.1 Å². The molecule has 0 bridgehead atoms. The Morgan fingerprint density at radius 2 is 1.90 bits per heavy atom. The van der Waals surface area contributed by atoms with Crippen LogP contribution in [-0.4, -0.2) is 18.1 Å². The van der Waals surface area contributed by atoms with Gasteiger partial charge in [0.15, 0.2) is 0 Å². The monoisotopic (exact) mass is 296 g/mol. The molecule has 3 aromatic rings. The Kier molecular flexibility index (Phi) is 4.32. The van der Waals surface area contributed by atoms with Crippen LogP contribution in [-0.2, 0) is 12.8 Å². The number of rotatable bonds is 5. The van der Waals surface area contributed by atoms with E-state index in [0.29, 0.717) is 6.04 Å². The second kappa shape index (κ2) is 6.37. The lowest BCUT2D eigenvalue weighted by Crippen LogP contribution is -2.30. The summed E-state index contributed by atoms with van der Waals surface area (Å²) in [4.78, 5) is 4.57. The lowest BCUT2D eigenvalue weighted by molar-refractivity contribution is 0.551. The molecule has 0 spiro atoms. The van der Waals surface area contributed by atoms with E-state index in [1.807, 2.05) is 7.05 Å². The van der Waals surface area contributed by atoms with Gasteiger partial charge in [-0.15, -0.1) is 11.3 Å². The first-order valence-corrected chi connectivity index (χ1v) is 8.18. The lowest BCUT2D eigenvalue weighted by atomic mass is 9.99. The molecule has 108 valence electrons. The Morgan fingerprint density at radius 3 is 2.62 bits per heavy atom. The maximum absolute atomic E-state index is 4.57. The second-order valence-corrected chi connectivity index (χ2v) is 6.50. The van der Waals surface area contributed by atoms with Gasteiger partial charge in [0.2, 0.25) is 0 Å². The number of aromatic nitrogens is 1. The molecule has 0 aliphatic heterocycles. The van der Waals surface area contributed by atoms with Crippen molar-refractivity contribution in [2.75, 3.05) is 7.05 Å². The molecular formula is C18H20N2S. The van der Waals surface area contributed by atoms with Crippen LogP contribution >= 0.6 is 11.3 Å². The molecule has 3 rings (SSSR count). The quantitative estimate of drug-likeness (QED) is 0.770. The Morgan fingerprint density at radius 1 is 1.10 bits per heavy atom. The van der Waals surface area contributed by atoms with Crippen molar-refractivity contribution in [3.05, 3.63) is 64.1 Å². The fraction of sp³-hybridized carbons (Fsp3) is 0.278. The van der Waals surface area contributed by atoms with Crippen LogP contribution in [0.4, 0.5) is 0 Å². The van der Waals surface area contributed by atoms with E-state index < -0.39 is 0 Å². The van der Waals surface area contributed by atoms with Gasteiger partial charge in [-0.05, 0) is 36.7 Å². The van der Waals surface area contributed by atoms with Crippen LogP contribution in [0.25, 0.3) is 10.8 Å². The van der Waals surface area contributed by atoms with Gasteiger partial charge < -0.3 is 5.32 Å². The van der Waals surface area contributed by atoms with Gasteiger partial charge in [-0.3, -0.25) is 0 Å². The molecule has 0 aliphatic carbocycles. The maximum Gasteiger partial charge on any atom is 0.0897 e. The molecule has 1 heterocycles. The Balaban J connectivity index is 1.75. The molecule has 0 saturated heterocycles. The van der Waals surface area contributed by atoms with E-state index in [1.165, 1.54) is 22.0 Å². The third-order valence-corrected chi connectivity index (χ3v) is 4.65. The van der Waals surface area contributed by atoms with E-state index in [1.54, 1.807) is 11.3 Å². The fourth-order valence-corrected chi connectivity index (χ4v) is 3.31. The minimum Gasteiger partial charge on any atom is -0.316 e. The molecule has 0 fully saturated rings. The average Bonchev–Trinajstić information content (AvgIpc) is 2.91. The maximum atomic E-state index is 4.57. The number of nitrogens with zero attached hydrogens (tertiary/aromatic N) is 1. The number of aryl methyl sites for hydroxylation is 1. The number of benzene rings is 2. The van der Waals surface area contributed by atoms with Crippen molar-refractivity contribution in [1.29, 1.82) is 0 Å². The number of likely N-dealkylation sites (N-methyl/N-ethyl adjacent to an activating group) is 1. The predicted molar refractivity (Wildman–Crippen MR) is 91.1 cm³/mol. The number of hydrogen-bond acceptors (Lipinski definition) is 3. The molecule has 1 unspecified atom stereocenters. The number of thiazole rings is 1. The molecule has 3 heteroatoms. The minimum atomic E-state index is 0.424. The summed E-state index contributed by atoms with van der Waals surface area (Å²) >= 11 is 1.73. The molecular weight excluding hydrogens is 276 g/mol. The largest absolute Gasteiger partial charge is 0.316 e. The van der Waals surface area contributed by atoms with Crippen molar-refractivity contribution in [3.63, 3.8) is 0 Å². The molecule has 2 aromatic carbocycles. The summed E-state index contributed by atoms with van der Waals surface area (Å²) in [7, 11) is 2.03. The van der Waals surface area contributed by atoms with E-state index in [2.05, 4.69) is 65.1 Å². The summed E-state index contributed by atoms with van der Waals surface area (Å²) in [6, 6.07) is 15.7. The fourth-order valence-electron chi connectivity index (χ4n) is 2.68. The third kappa shape index (κ3) is 3.49. The van der Waals surface area contributed by atoms with Crippen LogP contribution in [0.1, 0.15) is 16.3 Å². The van der Waals surface area contributed by atoms with Gasteiger partial charge in [0.25, 0.3) is 0 Å². The summed E-state index contributed by atoms with van der Waals surface area (Å²) in [5.74, 6) is 0. The van der Waals surface area contributed by atoms with Gasteiger partial charge in [-0.1, -0.05) is 42.5 Å². The van der Waals surface area contributed by atoms with Crippen molar-refractivity contribution in [1.82, 2.24) is 10.3 Å². The van der Waals surface area contributed by atoms with Gasteiger partial charge in [0.1, 0.15) is 0 Å². The minimum absolute atomic E-state index is 0.424. The van der Waals surface area contributed by atoms with Gasteiger partial charge in [0.05, 0.1) is 10.7 Å². The molecule has 2 nitrogen and oxygen atoms in total.